The van der Waals surface area contributed by atoms with Crippen LogP contribution in [0.2, 0.25) is 0 Å². The highest BCUT2D eigenvalue weighted by Gasteiger charge is 2.13. The highest BCUT2D eigenvalue weighted by molar-refractivity contribution is 6.04. The van der Waals surface area contributed by atoms with Gasteiger partial charge in [-0.05, 0) is 43.2 Å². The summed E-state index contributed by atoms with van der Waals surface area (Å²) < 4.78 is 13.3. The van der Waals surface area contributed by atoms with E-state index < -0.39 is 0 Å². The Morgan fingerprint density at radius 3 is 2.77 bits per heavy atom. The third-order valence-corrected chi connectivity index (χ3v) is 5.01. The van der Waals surface area contributed by atoms with Crippen molar-refractivity contribution in [2.45, 2.75) is 33.2 Å². The smallest absolute Gasteiger partial charge is 0.265 e. The van der Waals surface area contributed by atoms with Gasteiger partial charge in [-0.25, -0.2) is 5.43 Å². The van der Waals surface area contributed by atoms with Gasteiger partial charge in [0, 0.05) is 11.9 Å². The summed E-state index contributed by atoms with van der Waals surface area (Å²) >= 11 is 0. The second kappa shape index (κ2) is 9.42. The fourth-order valence-corrected chi connectivity index (χ4v) is 3.45. The maximum Gasteiger partial charge on any atom is 0.265 e. The summed E-state index contributed by atoms with van der Waals surface area (Å²) in [5, 5.41) is 13.9. The molecule has 2 aromatic heterocycles. The number of methoxy groups -OCH3 is 1. The van der Waals surface area contributed by atoms with Gasteiger partial charge in [0.25, 0.3) is 5.95 Å². The number of para-hydroxylation sites is 1. The number of unbranched alkanes of at least 4 members (excludes halogenated alkanes) is 1. The molecule has 31 heavy (non-hydrogen) atoms. The number of anilines is 1. The van der Waals surface area contributed by atoms with Crippen molar-refractivity contribution in [1.29, 1.82) is 0 Å². The number of hydrogen-bond acceptors (Lipinski definition) is 7. The quantitative estimate of drug-likeness (QED) is 0.242. The molecule has 1 N–H and O–H groups in total. The number of nitrogens with zero attached hydrogens (tertiary/aromatic N) is 5. The maximum atomic E-state index is 5.77. The normalized spacial score (nSPS) is 11.5. The Kier molecular flexibility index (Phi) is 6.26. The standard InChI is InChI=1S/C23H26N6O2/c1-4-6-13-31-19-12-11-16(14-20(19)30-3)15-24-27-23-25-22-21(26-28-23)17-9-7-8-10-18(17)29(22)5-2/h7-12,14-15H,4-6,13H2,1-3H3,(H,25,27,28)/b24-15+. The average molecular weight is 419 g/mol. The third kappa shape index (κ3) is 4.28. The molecule has 8 nitrogen and oxygen atoms in total. The lowest BCUT2D eigenvalue weighted by Gasteiger charge is -2.10. The second-order valence-corrected chi connectivity index (χ2v) is 7.05. The molecule has 0 spiro atoms. The Labute approximate surface area is 180 Å². The molecule has 2 heterocycles. The molecule has 8 heteroatoms. The molecule has 0 aliphatic heterocycles. The fraction of sp³-hybridized carbons (Fsp3) is 0.304. The number of aryl methyl sites for hydroxylation is 1. The lowest BCUT2D eigenvalue weighted by Crippen LogP contribution is -2.02. The monoisotopic (exact) mass is 418 g/mol. The van der Waals surface area contributed by atoms with E-state index in [9.17, 15) is 0 Å². The van der Waals surface area contributed by atoms with Gasteiger partial charge in [-0.3, -0.25) is 0 Å². The number of benzene rings is 2. The predicted molar refractivity (Wildman–Crippen MR) is 123 cm³/mol. The topological polar surface area (TPSA) is 86.5 Å². The lowest BCUT2D eigenvalue weighted by atomic mass is 10.2. The van der Waals surface area contributed by atoms with Crippen molar-refractivity contribution in [3.63, 3.8) is 0 Å². The molecule has 0 bridgehead atoms. The van der Waals surface area contributed by atoms with Gasteiger partial charge in [0.15, 0.2) is 17.1 Å². The van der Waals surface area contributed by atoms with Gasteiger partial charge in [-0.2, -0.15) is 10.1 Å². The minimum Gasteiger partial charge on any atom is -0.493 e. The molecule has 0 saturated carbocycles. The van der Waals surface area contributed by atoms with Crippen LogP contribution in [0.1, 0.15) is 32.3 Å². The predicted octanol–water partition coefficient (Wildman–Crippen LogP) is 4.63. The number of hydrazone groups is 1. The molecule has 0 unspecified atom stereocenters. The lowest BCUT2D eigenvalue weighted by molar-refractivity contribution is 0.288. The first-order chi connectivity index (χ1) is 15.2. The molecule has 0 radical (unpaired) electrons. The SMILES string of the molecule is CCCCOc1ccc(/C=N/Nc2nnc3c4ccccc4n(CC)c3n2)cc1OC. The summed E-state index contributed by atoms with van der Waals surface area (Å²) in [6, 6.07) is 13.8. The van der Waals surface area contributed by atoms with Crippen molar-refractivity contribution in [3.8, 4) is 11.5 Å². The number of hydrogen-bond donors (Lipinski definition) is 1. The van der Waals surface area contributed by atoms with Crippen molar-refractivity contribution < 1.29 is 9.47 Å². The Bertz CT molecular complexity index is 1220. The molecule has 160 valence electrons. The van der Waals surface area contributed by atoms with Crippen LogP contribution >= 0.6 is 0 Å². The molecule has 2 aromatic carbocycles. The minimum atomic E-state index is 0.341. The molecule has 4 rings (SSSR count). The first-order valence-corrected chi connectivity index (χ1v) is 10.5. The molecule has 0 atom stereocenters. The van der Waals surface area contributed by atoms with Crippen molar-refractivity contribution in [2.75, 3.05) is 19.1 Å². The van der Waals surface area contributed by atoms with E-state index >= 15 is 0 Å². The van der Waals surface area contributed by atoms with Crippen molar-refractivity contribution >= 4 is 34.2 Å². The second-order valence-electron chi connectivity index (χ2n) is 7.05. The van der Waals surface area contributed by atoms with Crippen LogP contribution in [0.3, 0.4) is 0 Å². The van der Waals surface area contributed by atoms with Crippen molar-refractivity contribution in [2.24, 2.45) is 5.10 Å². The zero-order chi connectivity index (χ0) is 21.6. The van der Waals surface area contributed by atoms with Gasteiger partial charge in [0.2, 0.25) is 0 Å². The molecule has 0 aliphatic carbocycles. The summed E-state index contributed by atoms with van der Waals surface area (Å²) in [6.45, 7) is 5.68. The summed E-state index contributed by atoms with van der Waals surface area (Å²) in [4.78, 5) is 4.62. The van der Waals surface area contributed by atoms with Gasteiger partial charge < -0.3 is 14.0 Å². The van der Waals surface area contributed by atoms with E-state index in [0.29, 0.717) is 18.3 Å². The van der Waals surface area contributed by atoms with Gasteiger partial charge in [-0.15, -0.1) is 10.2 Å². The number of aromatic nitrogens is 4. The van der Waals surface area contributed by atoms with Crippen LogP contribution in [0.25, 0.3) is 22.1 Å². The Balaban J connectivity index is 1.53. The Morgan fingerprint density at radius 2 is 1.97 bits per heavy atom. The minimum absolute atomic E-state index is 0.341. The molecule has 0 amide bonds. The molecule has 4 aromatic rings. The first kappa shape index (κ1) is 20.6. The van der Waals surface area contributed by atoms with E-state index in [1.54, 1.807) is 13.3 Å². The van der Waals surface area contributed by atoms with E-state index in [0.717, 1.165) is 52.8 Å². The van der Waals surface area contributed by atoms with Gasteiger partial charge in [0.05, 0.1) is 25.4 Å². The van der Waals surface area contributed by atoms with Crippen LogP contribution in [0.5, 0.6) is 11.5 Å². The van der Waals surface area contributed by atoms with Crippen LogP contribution < -0.4 is 14.9 Å². The number of nitrogens with one attached hydrogen (secondary N) is 1. The first-order valence-electron chi connectivity index (χ1n) is 10.5. The highest BCUT2D eigenvalue weighted by atomic mass is 16.5. The van der Waals surface area contributed by atoms with E-state index in [4.69, 9.17) is 9.47 Å². The van der Waals surface area contributed by atoms with Crippen LogP contribution in [0.15, 0.2) is 47.6 Å². The molecule has 0 fully saturated rings. The zero-order valence-corrected chi connectivity index (χ0v) is 18.0. The van der Waals surface area contributed by atoms with Gasteiger partial charge in [-0.1, -0.05) is 31.5 Å². The zero-order valence-electron chi connectivity index (χ0n) is 18.0. The largest absolute Gasteiger partial charge is 0.493 e. The van der Waals surface area contributed by atoms with Crippen molar-refractivity contribution in [1.82, 2.24) is 19.7 Å². The van der Waals surface area contributed by atoms with E-state index in [1.807, 2.05) is 36.4 Å². The molecule has 0 aliphatic rings. The number of rotatable bonds is 9. The number of fused-ring (bicyclic) bond motifs is 3. The van der Waals surface area contributed by atoms with E-state index in [1.165, 1.54) is 0 Å². The van der Waals surface area contributed by atoms with Crippen LogP contribution in [0, 0.1) is 0 Å². The number of ether oxygens (including phenoxy) is 2. The summed E-state index contributed by atoms with van der Waals surface area (Å²) in [7, 11) is 1.63. The van der Waals surface area contributed by atoms with Crippen LogP contribution in [-0.4, -0.2) is 39.7 Å². The maximum absolute atomic E-state index is 5.77. The van der Waals surface area contributed by atoms with E-state index in [2.05, 4.69) is 50.2 Å². The van der Waals surface area contributed by atoms with Gasteiger partial charge in [0.1, 0.15) is 5.52 Å². The molecular formula is C23H26N6O2. The fourth-order valence-electron chi connectivity index (χ4n) is 3.45. The Hall–Kier alpha value is -3.68. The van der Waals surface area contributed by atoms with E-state index in [-0.39, 0.29) is 0 Å². The average Bonchev–Trinajstić information content (AvgIpc) is 3.12. The Morgan fingerprint density at radius 1 is 1.10 bits per heavy atom. The van der Waals surface area contributed by atoms with Crippen LogP contribution in [-0.2, 0) is 6.54 Å². The highest BCUT2D eigenvalue weighted by Crippen LogP contribution is 2.28. The van der Waals surface area contributed by atoms with Crippen LogP contribution in [0.4, 0.5) is 5.95 Å². The molecular weight excluding hydrogens is 392 g/mol. The third-order valence-electron chi connectivity index (χ3n) is 5.01. The summed E-state index contributed by atoms with van der Waals surface area (Å²) in [5.41, 5.74) is 6.40. The summed E-state index contributed by atoms with van der Waals surface area (Å²) in [5.74, 6) is 1.74. The van der Waals surface area contributed by atoms with Gasteiger partial charge >= 0.3 is 0 Å². The summed E-state index contributed by atoms with van der Waals surface area (Å²) in [6.07, 6.45) is 3.77. The van der Waals surface area contributed by atoms with Crippen molar-refractivity contribution in [3.05, 3.63) is 48.0 Å². The molecule has 0 saturated heterocycles.